The van der Waals surface area contributed by atoms with Crippen molar-refractivity contribution < 1.29 is 4.79 Å². The van der Waals surface area contributed by atoms with Crippen molar-refractivity contribution in [2.24, 2.45) is 5.41 Å². The Kier molecular flexibility index (Phi) is 4.23. The van der Waals surface area contributed by atoms with Crippen molar-refractivity contribution >= 4 is 45.6 Å². The van der Waals surface area contributed by atoms with Gasteiger partial charge < -0.3 is 5.32 Å². The first-order valence-corrected chi connectivity index (χ1v) is 10.5. The highest BCUT2D eigenvalue weighted by molar-refractivity contribution is 6.35. The number of nitrogens with zero attached hydrogens (tertiary/aromatic N) is 1. The first-order chi connectivity index (χ1) is 13.8. The Morgan fingerprint density at radius 3 is 2.72 bits per heavy atom. The molecule has 3 nitrogen and oxygen atoms in total. The van der Waals surface area contributed by atoms with Gasteiger partial charge in [0, 0.05) is 56.5 Å². The predicted molar refractivity (Wildman–Crippen MR) is 119 cm³/mol. The number of rotatable bonds is 1. The fourth-order valence-electron chi connectivity index (χ4n) is 4.70. The summed E-state index contributed by atoms with van der Waals surface area (Å²) in [6.07, 6.45) is 3.12. The van der Waals surface area contributed by atoms with Crippen LogP contribution in [0.5, 0.6) is 0 Å². The van der Waals surface area contributed by atoms with Crippen LogP contribution in [0.15, 0.2) is 59.9 Å². The summed E-state index contributed by atoms with van der Waals surface area (Å²) in [5.41, 5.74) is 5.47. The zero-order chi connectivity index (χ0) is 20.3. The molecule has 0 bridgehead atoms. The third-order valence-electron chi connectivity index (χ3n) is 5.87. The molecular weight excluding hydrogens is 403 g/mol. The molecule has 1 aliphatic heterocycles. The van der Waals surface area contributed by atoms with Gasteiger partial charge in [0.2, 0.25) is 0 Å². The van der Waals surface area contributed by atoms with Gasteiger partial charge in [-0.05, 0) is 41.7 Å². The zero-order valence-corrected chi connectivity index (χ0v) is 17.7. The van der Waals surface area contributed by atoms with Gasteiger partial charge in [-0.1, -0.05) is 55.2 Å². The average molecular weight is 423 g/mol. The van der Waals surface area contributed by atoms with E-state index in [1.54, 1.807) is 12.3 Å². The van der Waals surface area contributed by atoms with Crippen LogP contribution in [0.2, 0.25) is 10.0 Å². The molecule has 0 saturated heterocycles. The standard InChI is InChI=1S/C24H20Cl2N2O/c1-24(2)11-18-21(19(29)12-24)20(15-7-6-14(25)10-16(15)26)22-17(28-18)8-5-13-4-3-9-27-23(13)22/h3-10,20,28H,11-12H2,1-2H3. The van der Waals surface area contributed by atoms with E-state index in [2.05, 4.69) is 36.3 Å². The van der Waals surface area contributed by atoms with Crippen molar-refractivity contribution in [1.82, 2.24) is 4.98 Å². The topological polar surface area (TPSA) is 42.0 Å². The molecule has 0 radical (unpaired) electrons. The molecular formula is C24H20Cl2N2O. The Balaban J connectivity index is 1.84. The Labute approximate surface area is 179 Å². The van der Waals surface area contributed by atoms with E-state index in [-0.39, 0.29) is 17.1 Å². The van der Waals surface area contributed by atoms with Crippen molar-refractivity contribution in [3.63, 3.8) is 0 Å². The van der Waals surface area contributed by atoms with Crippen molar-refractivity contribution in [3.05, 3.63) is 81.1 Å². The van der Waals surface area contributed by atoms with Crippen LogP contribution in [0.3, 0.4) is 0 Å². The van der Waals surface area contributed by atoms with E-state index >= 15 is 0 Å². The summed E-state index contributed by atoms with van der Waals surface area (Å²) >= 11 is 12.8. The van der Waals surface area contributed by atoms with Gasteiger partial charge in [-0.3, -0.25) is 9.78 Å². The van der Waals surface area contributed by atoms with Gasteiger partial charge in [0.15, 0.2) is 5.78 Å². The normalized spacial score (nSPS) is 20.3. The van der Waals surface area contributed by atoms with Crippen LogP contribution in [0.1, 0.15) is 43.7 Å². The third-order valence-corrected chi connectivity index (χ3v) is 6.43. The molecule has 2 aromatic carbocycles. The molecule has 0 saturated carbocycles. The van der Waals surface area contributed by atoms with Crippen molar-refractivity contribution in [2.45, 2.75) is 32.6 Å². The Hall–Kier alpha value is -2.36. The first kappa shape index (κ1) is 18.7. The van der Waals surface area contributed by atoms with Crippen LogP contribution in [0.25, 0.3) is 10.9 Å². The molecule has 29 heavy (non-hydrogen) atoms. The van der Waals surface area contributed by atoms with Gasteiger partial charge in [0.05, 0.1) is 5.52 Å². The Morgan fingerprint density at radius 2 is 1.93 bits per heavy atom. The molecule has 3 aromatic rings. The molecule has 146 valence electrons. The molecule has 0 spiro atoms. The summed E-state index contributed by atoms with van der Waals surface area (Å²) in [5.74, 6) is -0.105. The third kappa shape index (κ3) is 3.04. The lowest BCUT2D eigenvalue weighted by molar-refractivity contribution is -0.118. The van der Waals surface area contributed by atoms with Crippen molar-refractivity contribution in [2.75, 3.05) is 5.32 Å². The minimum absolute atomic E-state index is 0.0795. The first-order valence-electron chi connectivity index (χ1n) is 9.70. The maximum Gasteiger partial charge on any atom is 0.162 e. The monoisotopic (exact) mass is 422 g/mol. The number of pyridine rings is 1. The average Bonchev–Trinajstić information content (AvgIpc) is 2.65. The SMILES string of the molecule is CC1(C)CC(=O)C2=C(C1)Nc1ccc3cccnc3c1C2c1ccc(Cl)cc1Cl. The highest BCUT2D eigenvalue weighted by atomic mass is 35.5. The molecule has 0 amide bonds. The number of hydrogen-bond acceptors (Lipinski definition) is 3. The molecule has 2 aliphatic rings. The number of allylic oxidation sites excluding steroid dienone is 2. The molecule has 2 heterocycles. The number of hydrogen-bond donors (Lipinski definition) is 1. The summed E-state index contributed by atoms with van der Waals surface area (Å²) in [6, 6.07) is 13.6. The van der Waals surface area contributed by atoms with Crippen LogP contribution in [-0.4, -0.2) is 10.8 Å². The summed E-state index contributed by atoms with van der Waals surface area (Å²) in [7, 11) is 0. The fourth-order valence-corrected chi connectivity index (χ4v) is 5.22. The fraction of sp³-hybridized carbons (Fsp3) is 0.250. The predicted octanol–water partition coefficient (Wildman–Crippen LogP) is 6.74. The molecule has 1 aromatic heterocycles. The van der Waals surface area contributed by atoms with E-state index in [9.17, 15) is 4.79 Å². The van der Waals surface area contributed by atoms with Gasteiger partial charge >= 0.3 is 0 Å². The molecule has 0 fully saturated rings. The molecule has 1 atom stereocenters. The molecule has 5 rings (SSSR count). The van der Waals surface area contributed by atoms with Crippen LogP contribution in [0.4, 0.5) is 5.69 Å². The van der Waals surface area contributed by atoms with E-state index in [1.807, 2.05) is 24.3 Å². The number of ketones is 1. The van der Waals surface area contributed by atoms with Crippen LogP contribution >= 0.6 is 23.2 Å². The number of anilines is 1. The number of carbonyl (C=O) groups excluding carboxylic acids is 1. The van der Waals surface area contributed by atoms with Gasteiger partial charge in [-0.15, -0.1) is 0 Å². The molecule has 1 aliphatic carbocycles. The maximum absolute atomic E-state index is 13.4. The van der Waals surface area contributed by atoms with Gasteiger partial charge in [-0.25, -0.2) is 0 Å². The minimum atomic E-state index is -0.270. The minimum Gasteiger partial charge on any atom is -0.358 e. The second-order valence-corrected chi connectivity index (χ2v) is 9.50. The van der Waals surface area contributed by atoms with E-state index in [0.717, 1.165) is 45.4 Å². The second-order valence-electron chi connectivity index (χ2n) is 8.66. The number of fused-ring (bicyclic) bond motifs is 3. The second kappa shape index (κ2) is 6.58. The van der Waals surface area contributed by atoms with Crippen molar-refractivity contribution in [1.29, 1.82) is 0 Å². The van der Waals surface area contributed by atoms with Crippen LogP contribution < -0.4 is 5.32 Å². The summed E-state index contributed by atoms with van der Waals surface area (Å²) < 4.78 is 0. The lowest BCUT2D eigenvalue weighted by Gasteiger charge is -2.40. The number of aromatic nitrogens is 1. The lowest BCUT2D eigenvalue weighted by atomic mass is 9.68. The smallest absolute Gasteiger partial charge is 0.162 e. The highest BCUT2D eigenvalue weighted by Gasteiger charge is 2.42. The summed E-state index contributed by atoms with van der Waals surface area (Å²) in [6.45, 7) is 4.27. The molecule has 5 heteroatoms. The zero-order valence-electron chi connectivity index (χ0n) is 16.2. The van der Waals surface area contributed by atoms with Crippen molar-refractivity contribution in [3.8, 4) is 0 Å². The largest absolute Gasteiger partial charge is 0.358 e. The molecule has 1 N–H and O–H groups in total. The highest BCUT2D eigenvalue weighted by Crippen LogP contribution is 2.51. The van der Waals surface area contributed by atoms with Crippen LogP contribution in [0, 0.1) is 5.41 Å². The van der Waals surface area contributed by atoms with Gasteiger partial charge in [0.1, 0.15) is 0 Å². The van der Waals surface area contributed by atoms with E-state index in [1.165, 1.54) is 0 Å². The number of halogens is 2. The van der Waals surface area contributed by atoms with Crippen LogP contribution in [-0.2, 0) is 4.79 Å². The Bertz CT molecular complexity index is 1210. The number of benzene rings is 2. The quantitative estimate of drug-likeness (QED) is 0.471. The number of carbonyl (C=O) groups is 1. The summed E-state index contributed by atoms with van der Waals surface area (Å²) in [5, 5.41) is 5.74. The number of nitrogens with one attached hydrogen (secondary N) is 1. The Morgan fingerprint density at radius 1 is 1.10 bits per heavy atom. The van der Waals surface area contributed by atoms with Gasteiger partial charge in [-0.2, -0.15) is 0 Å². The number of Topliss-reactive ketones (excluding diaryl/α,β-unsaturated/α-hetero) is 1. The van der Waals surface area contributed by atoms with E-state index in [4.69, 9.17) is 23.2 Å². The summed E-state index contributed by atoms with van der Waals surface area (Å²) in [4.78, 5) is 18.0. The van der Waals surface area contributed by atoms with E-state index < -0.39 is 0 Å². The molecule has 1 unspecified atom stereocenters. The lowest BCUT2D eigenvalue weighted by Crippen LogP contribution is -2.34. The van der Waals surface area contributed by atoms with Gasteiger partial charge in [0.25, 0.3) is 0 Å². The maximum atomic E-state index is 13.4. The van der Waals surface area contributed by atoms with E-state index in [0.29, 0.717) is 16.5 Å².